The van der Waals surface area contributed by atoms with Crippen molar-refractivity contribution >= 4 is 27.3 Å². The quantitative estimate of drug-likeness (QED) is 0.646. The molecule has 76 valence electrons. The number of hydrogen-bond acceptors (Lipinski definition) is 2. The summed E-state index contributed by atoms with van der Waals surface area (Å²) in [6.45, 7) is 6.21. The van der Waals surface area contributed by atoms with Crippen molar-refractivity contribution in [3.63, 3.8) is 0 Å². The van der Waals surface area contributed by atoms with Gasteiger partial charge in [-0.15, -0.1) is 0 Å². The number of nitrogens with two attached hydrogens (primary N) is 1. The molecule has 1 aromatic rings. The maximum atomic E-state index is 13.1. The summed E-state index contributed by atoms with van der Waals surface area (Å²) in [5.41, 5.74) is 7.76. The lowest BCUT2D eigenvalue weighted by Crippen LogP contribution is -2.05. The van der Waals surface area contributed by atoms with Gasteiger partial charge in [-0.25, -0.2) is 4.39 Å². The van der Waals surface area contributed by atoms with Gasteiger partial charge in [-0.1, -0.05) is 12.2 Å². The molecule has 0 saturated carbocycles. The lowest BCUT2D eigenvalue weighted by molar-refractivity contribution is 0.622. The molecule has 0 aliphatic rings. The van der Waals surface area contributed by atoms with Gasteiger partial charge in [-0.3, -0.25) is 0 Å². The van der Waals surface area contributed by atoms with Crippen LogP contribution in [-0.4, -0.2) is 6.54 Å². The zero-order valence-corrected chi connectivity index (χ0v) is 9.49. The Kier molecular flexibility index (Phi) is 3.52. The van der Waals surface area contributed by atoms with E-state index in [1.165, 1.54) is 12.1 Å². The maximum Gasteiger partial charge on any atom is 0.139 e. The predicted octanol–water partition coefficient (Wildman–Crippen LogP) is 3.16. The van der Waals surface area contributed by atoms with Crippen LogP contribution >= 0.6 is 15.9 Å². The van der Waals surface area contributed by atoms with E-state index in [0.717, 1.165) is 5.57 Å². The van der Waals surface area contributed by atoms with Gasteiger partial charge >= 0.3 is 0 Å². The molecule has 0 atom stereocenters. The third-order valence-corrected chi connectivity index (χ3v) is 2.28. The van der Waals surface area contributed by atoms with E-state index < -0.39 is 0 Å². The Morgan fingerprint density at radius 1 is 1.64 bits per heavy atom. The first-order valence-electron chi connectivity index (χ1n) is 4.13. The molecule has 1 rings (SSSR count). The number of nitrogen functional groups attached to an aromatic ring is 1. The number of anilines is 2. The normalized spacial score (nSPS) is 9.93. The SMILES string of the molecule is C=C(C)CNc1cc(F)c(Br)cc1N. The van der Waals surface area contributed by atoms with Gasteiger partial charge in [0, 0.05) is 12.6 Å². The molecule has 3 N–H and O–H groups in total. The summed E-state index contributed by atoms with van der Waals surface area (Å²) in [4.78, 5) is 0. The second-order valence-corrected chi connectivity index (χ2v) is 4.02. The summed E-state index contributed by atoms with van der Waals surface area (Å²) < 4.78 is 13.5. The van der Waals surface area contributed by atoms with Crippen LogP contribution in [0.3, 0.4) is 0 Å². The van der Waals surface area contributed by atoms with Crippen molar-refractivity contribution in [2.75, 3.05) is 17.6 Å². The summed E-state index contributed by atoms with van der Waals surface area (Å²) in [5.74, 6) is -0.330. The first-order chi connectivity index (χ1) is 6.50. The highest BCUT2D eigenvalue weighted by Gasteiger charge is 2.04. The fourth-order valence-electron chi connectivity index (χ4n) is 0.961. The van der Waals surface area contributed by atoms with E-state index in [0.29, 0.717) is 22.4 Å². The van der Waals surface area contributed by atoms with Gasteiger partial charge in [-0.05, 0) is 28.9 Å². The van der Waals surface area contributed by atoms with E-state index >= 15 is 0 Å². The lowest BCUT2D eigenvalue weighted by atomic mass is 10.2. The molecule has 0 saturated heterocycles. The number of rotatable bonds is 3. The van der Waals surface area contributed by atoms with Gasteiger partial charge in [0.25, 0.3) is 0 Å². The molecule has 0 aromatic heterocycles. The standard InChI is InChI=1S/C10H12BrFN2/c1-6(2)5-14-10-4-8(12)7(11)3-9(10)13/h3-4,14H,1,5,13H2,2H3. The highest BCUT2D eigenvalue weighted by Crippen LogP contribution is 2.26. The Bertz CT molecular complexity index is 363. The minimum atomic E-state index is -0.330. The van der Waals surface area contributed by atoms with Crippen molar-refractivity contribution < 1.29 is 4.39 Å². The molecule has 0 amide bonds. The van der Waals surface area contributed by atoms with E-state index in [9.17, 15) is 4.39 Å². The van der Waals surface area contributed by atoms with Gasteiger partial charge in [0.15, 0.2) is 0 Å². The van der Waals surface area contributed by atoms with Gasteiger partial charge < -0.3 is 11.1 Å². The van der Waals surface area contributed by atoms with Crippen LogP contribution in [0.4, 0.5) is 15.8 Å². The Morgan fingerprint density at radius 3 is 2.86 bits per heavy atom. The summed E-state index contributed by atoms with van der Waals surface area (Å²) in [6, 6.07) is 2.90. The highest BCUT2D eigenvalue weighted by atomic mass is 79.9. The summed E-state index contributed by atoms with van der Waals surface area (Å²) >= 11 is 3.06. The van der Waals surface area contributed by atoms with E-state index in [2.05, 4.69) is 27.8 Å². The summed E-state index contributed by atoms with van der Waals surface area (Å²) in [6.07, 6.45) is 0. The Labute approximate surface area is 91.1 Å². The van der Waals surface area contributed by atoms with Crippen LogP contribution in [0.2, 0.25) is 0 Å². The third-order valence-electron chi connectivity index (χ3n) is 1.67. The van der Waals surface area contributed by atoms with Crippen LogP contribution in [0.25, 0.3) is 0 Å². The van der Waals surface area contributed by atoms with Crippen molar-refractivity contribution in [3.05, 3.63) is 34.6 Å². The molecular formula is C10H12BrFN2. The molecular weight excluding hydrogens is 247 g/mol. The van der Waals surface area contributed by atoms with Gasteiger partial charge in [-0.2, -0.15) is 0 Å². The minimum Gasteiger partial charge on any atom is -0.397 e. The molecule has 0 aliphatic carbocycles. The number of halogens is 2. The molecule has 4 heteroatoms. The van der Waals surface area contributed by atoms with Gasteiger partial charge in [0.1, 0.15) is 5.82 Å². The van der Waals surface area contributed by atoms with Crippen molar-refractivity contribution in [1.82, 2.24) is 0 Å². The number of benzene rings is 1. The Balaban J connectivity index is 2.87. The molecule has 0 radical (unpaired) electrons. The van der Waals surface area contributed by atoms with Crippen molar-refractivity contribution in [1.29, 1.82) is 0 Å². The van der Waals surface area contributed by atoms with Crippen LogP contribution in [0.5, 0.6) is 0 Å². The van der Waals surface area contributed by atoms with Crippen LogP contribution in [0.1, 0.15) is 6.92 Å². The van der Waals surface area contributed by atoms with Crippen molar-refractivity contribution in [2.24, 2.45) is 0 Å². The van der Waals surface area contributed by atoms with E-state index in [4.69, 9.17) is 5.73 Å². The van der Waals surface area contributed by atoms with E-state index in [-0.39, 0.29) is 5.82 Å². The largest absolute Gasteiger partial charge is 0.397 e. The fourth-order valence-corrected chi connectivity index (χ4v) is 1.32. The predicted molar refractivity (Wildman–Crippen MR) is 61.8 cm³/mol. The Hall–Kier alpha value is -1.03. The average Bonchev–Trinajstić information content (AvgIpc) is 2.09. The molecule has 14 heavy (non-hydrogen) atoms. The average molecular weight is 259 g/mol. The van der Waals surface area contributed by atoms with Crippen LogP contribution in [0, 0.1) is 5.82 Å². The topological polar surface area (TPSA) is 38.0 Å². The molecule has 2 nitrogen and oxygen atoms in total. The smallest absolute Gasteiger partial charge is 0.139 e. The second kappa shape index (κ2) is 4.46. The fraction of sp³-hybridized carbons (Fsp3) is 0.200. The zero-order valence-electron chi connectivity index (χ0n) is 7.90. The minimum absolute atomic E-state index is 0.330. The molecule has 0 spiro atoms. The first-order valence-corrected chi connectivity index (χ1v) is 4.92. The monoisotopic (exact) mass is 258 g/mol. The van der Waals surface area contributed by atoms with Gasteiger partial charge in [0.2, 0.25) is 0 Å². The van der Waals surface area contributed by atoms with E-state index in [1.54, 1.807) is 0 Å². The Morgan fingerprint density at radius 2 is 2.29 bits per heavy atom. The zero-order chi connectivity index (χ0) is 10.7. The summed E-state index contributed by atoms with van der Waals surface area (Å²) in [5, 5.41) is 3.00. The molecule has 0 unspecified atom stereocenters. The number of nitrogens with one attached hydrogen (secondary N) is 1. The molecule has 0 aliphatic heterocycles. The van der Waals surface area contributed by atoms with Crippen LogP contribution in [-0.2, 0) is 0 Å². The number of hydrogen-bond donors (Lipinski definition) is 2. The van der Waals surface area contributed by atoms with Crippen LogP contribution in [0.15, 0.2) is 28.8 Å². The lowest BCUT2D eigenvalue weighted by Gasteiger charge is -2.09. The van der Waals surface area contributed by atoms with Gasteiger partial charge in [0.05, 0.1) is 15.8 Å². The van der Waals surface area contributed by atoms with Crippen molar-refractivity contribution in [2.45, 2.75) is 6.92 Å². The first kappa shape index (κ1) is 11.0. The molecule has 1 aromatic carbocycles. The van der Waals surface area contributed by atoms with Crippen LogP contribution < -0.4 is 11.1 Å². The second-order valence-electron chi connectivity index (χ2n) is 3.16. The van der Waals surface area contributed by atoms with E-state index in [1.807, 2.05) is 6.92 Å². The molecule has 0 bridgehead atoms. The molecule has 0 fully saturated rings. The van der Waals surface area contributed by atoms with Crippen molar-refractivity contribution in [3.8, 4) is 0 Å². The maximum absolute atomic E-state index is 13.1. The highest BCUT2D eigenvalue weighted by molar-refractivity contribution is 9.10. The third kappa shape index (κ3) is 2.73. The summed E-state index contributed by atoms with van der Waals surface area (Å²) in [7, 11) is 0. The molecule has 0 heterocycles.